The molecule has 0 bridgehead atoms. The molecule has 1 aliphatic heterocycles. The predicted octanol–water partition coefficient (Wildman–Crippen LogP) is 2.46. The van der Waals surface area contributed by atoms with Crippen LogP contribution in [-0.4, -0.2) is 32.4 Å². The maximum Gasteiger partial charge on any atom is 0.238 e. The third-order valence-corrected chi connectivity index (χ3v) is 4.12. The summed E-state index contributed by atoms with van der Waals surface area (Å²) < 4.78 is 13.1. The first-order valence-corrected chi connectivity index (χ1v) is 7.55. The van der Waals surface area contributed by atoms with E-state index in [1.54, 1.807) is 6.20 Å². The average Bonchev–Trinajstić information content (AvgIpc) is 3.08. The minimum absolute atomic E-state index is 0.348. The molecule has 114 valence electrons. The molecule has 0 radical (unpaired) electrons. The number of imidazole rings is 1. The molecule has 0 spiro atoms. The summed E-state index contributed by atoms with van der Waals surface area (Å²) in [5, 5.41) is 4.04. The Hall–Kier alpha value is -1.69. The third-order valence-electron chi connectivity index (χ3n) is 4.12. The topological polar surface area (TPSA) is 66.0 Å². The van der Waals surface area contributed by atoms with E-state index >= 15 is 0 Å². The fourth-order valence-corrected chi connectivity index (χ4v) is 2.81. The van der Waals surface area contributed by atoms with E-state index in [1.807, 2.05) is 17.8 Å². The van der Waals surface area contributed by atoms with Gasteiger partial charge in [-0.05, 0) is 24.7 Å². The van der Waals surface area contributed by atoms with Gasteiger partial charge in [-0.2, -0.15) is 4.98 Å². The van der Waals surface area contributed by atoms with Crippen molar-refractivity contribution in [3.8, 4) is 11.6 Å². The van der Waals surface area contributed by atoms with Gasteiger partial charge in [0.2, 0.25) is 11.7 Å². The van der Waals surface area contributed by atoms with Gasteiger partial charge in [0.05, 0.1) is 6.10 Å². The van der Waals surface area contributed by atoms with Crippen LogP contribution in [0.2, 0.25) is 0 Å². The highest BCUT2D eigenvalue weighted by Gasteiger charge is 2.26. The van der Waals surface area contributed by atoms with E-state index in [-0.39, 0.29) is 0 Å². The van der Waals surface area contributed by atoms with Crippen molar-refractivity contribution in [2.45, 2.75) is 39.2 Å². The maximum absolute atomic E-state index is 5.81. The number of rotatable bonds is 4. The monoisotopic (exact) mass is 290 g/mol. The second-order valence-electron chi connectivity index (χ2n) is 6.12. The highest BCUT2D eigenvalue weighted by Crippen LogP contribution is 2.27. The highest BCUT2D eigenvalue weighted by molar-refractivity contribution is 5.42. The lowest BCUT2D eigenvalue weighted by Crippen LogP contribution is -2.30. The lowest BCUT2D eigenvalue weighted by molar-refractivity contribution is -0.0349. The van der Waals surface area contributed by atoms with Crippen LogP contribution in [0, 0.1) is 11.8 Å². The van der Waals surface area contributed by atoms with E-state index < -0.39 is 0 Å². The first-order valence-electron chi connectivity index (χ1n) is 7.55. The van der Waals surface area contributed by atoms with Crippen molar-refractivity contribution >= 4 is 0 Å². The molecule has 2 aromatic rings. The molecule has 1 aliphatic rings. The number of hydrogen-bond donors (Lipinski definition) is 0. The van der Waals surface area contributed by atoms with Gasteiger partial charge in [-0.15, -0.1) is 0 Å². The van der Waals surface area contributed by atoms with E-state index in [2.05, 4.69) is 29.0 Å². The summed E-state index contributed by atoms with van der Waals surface area (Å²) in [5.41, 5.74) is 0. The molecule has 21 heavy (non-hydrogen) atoms. The van der Waals surface area contributed by atoms with Crippen molar-refractivity contribution in [3.05, 3.63) is 18.3 Å². The van der Waals surface area contributed by atoms with Crippen molar-refractivity contribution in [3.63, 3.8) is 0 Å². The first kappa shape index (κ1) is 14.3. The predicted molar refractivity (Wildman–Crippen MR) is 77.5 cm³/mol. The second kappa shape index (κ2) is 5.97. The zero-order chi connectivity index (χ0) is 14.8. The number of hydrogen-bond acceptors (Lipinski definition) is 5. The summed E-state index contributed by atoms with van der Waals surface area (Å²) in [7, 11) is 1.92. The van der Waals surface area contributed by atoms with Gasteiger partial charge < -0.3 is 13.8 Å². The van der Waals surface area contributed by atoms with Gasteiger partial charge >= 0.3 is 0 Å². The molecule has 1 fully saturated rings. The summed E-state index contributed by atoms with van der Waals surface area (Å²) in [6, 6.07) is 0. The fourth-order valence-electron chi connectivity index (χ4n) is 2.81. The molecule has 2 aromatic heterocycles. The number of nitrogens with zero attached hydrogens (tertiary/aromatic N) is 4. The van der Waals surface area contributed by atoms with E-state index in [1.165, 1.54) is 0 Å². The molecule has 0 aliphatic carbocycles. The zero-order valence-electron chi connectivity index (χ0n) is 12.8. The molecule has 3 heterocycles. The molecule has 0 saturated carbocycles. The normalized spacial score (nSPS) is 22.9. The van der Waals surface area contributed by atoms with E-state index in [4.69, 9.17) is 9.26 Å². The molecule has 6 heteroatoms. The molecule has 1 saturated heterocycles. The molecule has 0 unspecified atom stereocenters. The Labute approximate surface area is 124 Å². The molecular weight excluding hydrogens is 268 g/mol. The molecule has 3 rings (SSSR count). The number of aryl methyl sites for hydroxylation is 1. The van der Waals surface area contributed by atoms with Gasteiger partial charge in [-0.1, -0.05) is 19.0 Å². The number of aromatic nitrogens is 4. The van der Waals surface area contributed by atoms with Crippen LogP contribution in [0.4, 0.5) is 0 Å². The Morgan fingerprint density at radius 1 is 1.43 bits per heavy atom. The Bertz CT molecular complexity index is 590. The van der Waals surface area contributed by atoms with Crippen molar-refractivity contribution < 1.29 is 9.26 Å². The largest absolute Gasteiger partial charge is 0.378 e. The van der Waals surface area contributed by atoms with Crippen molar-refractivity contribution in [2.75, 3.05) is 6.61 Å². The average molecular weight is 290 g/mol. The summed E-state index contributed by atoms with van der Waals surface area (Å²) in [4.78, 5) is 8.71. The minimum atomic E-state index is 0.348. The van der Waals surface area contributed by atoms with Crippen LogP contribution in [0.25, 0.3) is 11.6 Å². The van der Waals surface area contributed by atoms with Gasteiger partial charge in [-0.25, -0.2) is 4.98 Å². The zero-order valence-corrected chi connectivity index (χ0v) is 12.8. The van der Waals surface area contributed by atoms with Crippen LogP contribution in [0.5, 0.6) is 0 Å². The van der Waals surface area contributed by atoms with Crippen LogP contribution in [0.1, 0.15) is 32.6 Å². The molecule has 6 nitrogen and oxygen atoms in total. The van der Waals surface area contributed by atoms with Crippen LogP contribution >= 0.6 is 0 Å². The summed E-state index contributed by atoms with van der Waals surface area (Å²) in [6.07, 6.45) is 6.90. The van der Waals surface area contributed by atoms with Gasteiger partial charge in [0.15, 0.2) is 5.82 Å². The van der Waals surface area contributed by atoms with Gasteiger partial charge in [0.1, 0.15) is 0 Å². The summed E-state index contributed by atoms with van der Waals surface area (Å²) in [5.74, 6) is 3.10. The van der Waals surface area contributed by atoms with Crippen LogP contribution in [0.15, 0.2) is 16.9 Å². The van der Waals surface area contributed by atoms with E-state index in [0.717, 1.165) is 31.7 Å². The summed E-state index contributed by atoms with van der Waals surface area (Å²) >= 11 is 0. The van der Waals surface area contributed by atoms with Gasteiger partial charge in [0, 0.05) is 32.5 Å². The molecular formula is C15H22N4O2. The minimum Gasteiger partial charge on any atom is -0.378 e. The van der Waals surface area contributed by atoms with Crippen molar-refractivity contribution in [1.82, 2.24) is 19.7 Å². The van der Waals surface area contributed by atoms with E-state index in [9.17, 15) is 0 Å². The Balaban J connectivity index is 1.66. The molecule has 0 amide bonds. The Kier molecular flexibility index (Phi) is 4.05. The van der Waals surface area contributed by atoms with Crippen molar-refractivity contribution in [1.29, 1.82) is 0 Å². The third kappa shape index (κ3) is 3.15. The quantitative estimate of drug-likeness (QED) is 0.865. The van der Waals surface area contributed by atoms with Crippen molar-refractivity contribution in [2.24, 2.45) is 18.9 Å². The SMILES string of the molecule is CC(C)[C@H]1C[C@@H](Cc2nc(-c3nccn3C)no2)CCO1. The highest BCUT2D eigenvalue weighted by atomic mass is 16.5. The molecule has 0 N–H and O–H groups in total. The van der Waals surface area contributed by atoms with Crippen LogP contribution in [-0.2, 0) is 18.2 Å². The fraction of sp³-hybridized carbons (Fsp3) is 0.667. The standard InChI is InChI=1S/C15H22N4O2/c1-10(2)12-8-11(4-7-20-12)9-13-17-14(18-21-13)15-16-5-6-19(15)3/h5-6,10-12H,4,7-9H2,1-3H3/t11-,12+/m0/s1. The molecule has 2 atom stereocenters. The van der Waals surface area contributed by atoms with Gasteiger partial charge in [-0.3, -0.25) is 0 Å². The van der Waals surface area contributed by atoms with Crippen LogP contribution < -0.4 is 0 Å². The summed E-state index contributed by atoms with van der Waals surface area (Å²) in [6.45, 7) is 5.24. The second-order valence-corrected chi connectivity index (χ2v) is 6.12. The Morgan fingerprint density at radius 3 is 3.00 bits per heavy atom. The van der Waals surface area contributed by atoms with Gasteiger partial charge in [0.25, 0.3) is 0 Å². The first-order chi connectivity index (χ1) is 10.1. The number of ether oxygens (including phenoxy) is 1. The smallest absolute Gasteiger partial charge is 0.238 e. The lowest BCUT2D eigenvalue weighted by Gasteiger charge is -2.31. The van der Waals surface area contributed by atoms with E-state index in [0.29, 0.717) is 29.7 Å². The Morgan fingerprint density at radius 2 is 2.29 bits per heavy atom. The molecule has 0 aromatic carbocycles. The maximum atomic E-state index is 5.81. The lowest BCUT2D eigenvalue weighted by atomic mass is 9.88. The van der Waals surface area contributed by atoms with Crippen LogP contribution in [0.3, 0.4) is 0 Å².